The third-order valence-corrected chi connectivity index (χ3v) is 3.84. The molecule has 0 bridgehead atoms. The molecule has 0 saturated heterocycles. The molecule has 0 unspecified atom stereocenters. The lowest BCUT2D eigenvalue weighted by Gasteiger charge is -2.19. The van der Waals surface area contributed by atoms with Crippen LogP contribution >= 0.6 is 34.8 Å². The summed E-state index contributed by atoms with van der Waals surface area (Å²) >= 11 is 17.8. The minimum absolute atomic E-state index is 0.199. The van der Waals surface area contributed by atoms with Gasteiger partial charge in [-0.1, -0.05) is 40.9 Å². The van der Waals surface area contributed by atoms with E-state index in [1.54, 1.807) is 43.4 Å². The topological polar surface area (TPSA) is 46.3 Å². The lowest BCUT2D eigenvalue weighted by molar-refractivity contribution is 0.0786. The number of hydrogen-bond acceptors (Lipinski definition) is 2. The van der Waals surface area contributed by atoms with E-state index in [0.717, 1.165) is 5.56 Å². The number of carbonyl (C=O) groups excluding carboxylic acids is 1. The standard InChI is InChI=1S/C15H13Cl3N2O/c1-20(8-9-2-3-10(16)6-13(9)18)15(21)12-5-4-11(17)7-14(12)19/h2-7H,8,19H2,1H3. The van der Waals surface area contributed by atoms with Gasteiger partial charge in [-0.3, -0.25) is 4.79 Å². The van der Waals surface area contributed by atoms with E-state index < -0.39 is 0 Å². The van der Waals surface area contributed by atoms with Gasteiger partial charge in [-0.15, -0.1) is 0 Å². The number of anilines is 1. The lowest BCUT2D eigenvalue weighted by atomic mass is 10.1. The summed E-state index contributed by atoms with van der Waals surface area (Å²) in [7, 11) is 1.68. The number of amides is 1. The van der Waals surface area contributed by atoms with Crippen molar-refractivity contribution in [3.63, 3.8) is 0 Å². The van der Waals surface area contributed by atoms with Crippen LogP contribution in [0.15, 0.2) is 36.4 Å². The van der Waals surface area contributed by atoms with Crippen LogP contribution in [0.2, 0.25) is 15.1 Å². The number of benzene rings is 2. The Bertz CT molecular complexity index is 689. The van der Waals surface area contributed by atoms with Crippen LogP contribution in [0.1, 0.15) is 15.9 Å². The number of nitrogens with two attached hydrogens (primary N) is 1. The molecule has 0 aliphatic heterocycles. The fraction of sp³-hybridized carbons (Fsp3) is 0.133. The fourth-order valence-corrected chi connectivity index (χ4v) is 2.56. The molecule has 1 amide bonds. The molecule has 0 saturated carbocycles. The van der Waals surface area contributed by atoms with Gasteiger partial charge in [-0.2, -0.15) is 0 Å². The van der Waals surface area contributed by atoms with Gasteiger partial charge >= 0.3 is 0 Å². The Balaban J connectivity index is 2.19. The quantitative estimate of drug-likeness (QED) is 0.834. The SMILES string of the molecule is CN(Cc1ccc(Cl)cc1Cl)C(=O)c1ccc(Cl)cc1N. The second kappa shape index (κ2) is 6.56. The molecule has 2 aromatic rings. The van der Waals surface area contributed by atoms with Crippen molar-refractivity contribution in [3.05, 3.63) is 62.6 Å². The second-order valence-electron chi connectivity index (χ2n) is 4.63. The van der Waals surface area contributed by atoms with Crippen molar-refractivity contribution in [2.75, 3.05) is 12.8 Å². The fourth-order valence-electron chi connectivity index (χ4n) is 1.91. The van der Waals surface area contributed by atoms with Gasteiger partial charge in [-0.05, 0) is 35.9 Å². The first-order chi connectivity index (χ1) is 9.88. The Kier molecular flexibility index (Phi) is 4.99. The smallest absolute Gasteiger partial charge is 0.255 e. The van der Waals surface area contributed by atoms with E-state index in [2.05, 4.69) is 0 Å². The molecule has 2 rings (SSSR count). The Morgan fingerprint density at radius 2 is 1.71 bits per heavy atom. The van der Waals surface area contributed by atoms with E-state index in [9.17, 15) is 4.79 Å². The van der Waals surface area contributed by atoms with E-state index in [0.29, 0.717) is 32.9 Å². The third kappa shape index (κ3) is 3.82. The van der Waals surface area contributed by atoms with E-state index in [1.165, 1.54) is 4.90 Å². The van der Waals surface area contributed by atoms with Crippen molar-refractivity contribution < 1.29 is 4.79 Å². The van der Waals surface area contributed by atoms with Gasteiger partial charge in [0.25, 0.3) is 5.91 Å². The van der Waals surface area contributed by atoms with Crippen LogP contribution in [-0.2, 0) is 6.54 Å². The van der Waals surface area contributed by atoms with Crippen molar-refractivity contribution >= 4 is 46.4 Å². The molecule has 0 atom stereocenters. The zero-order valence-corrected chi connectivity index (χ0v) is 13.5. The largest absolute Gasteiger partial charge is 0.398 e. The molecule has 6 heteroatoms. The number of rotatable bonds is 3. The van der Waals surface area contributed by atoms with E-state index in [1.807, 2.05) is 0 Å². The van der Waals surface area contributed by atoms with Crippen molar-refractivity contribution in [2.24, 2.45) is 0 Å². The molecule has 3 nitrogen and oxygen atoms in total. The minimum Gasteiger partial charge on any atom is -0.398 e. The molecule has 0 radical (unpaired) electrons. The number of carbonyl (C=O) groups is 1. The zero-order valence-electron chi connectivity index (χ0n) is 11.2. The van der Waals surface area contributed by atoms with Gasteiger partial charge in [0.2, 0.25) is 0 Å². The van der Waals surface area contributed by atoms with E-state index >= 15 is 0 Å². The summed E-state index contributed by atoms with van der Waals surface area (Å²) in [5, 5.41) is 1.57. The van der Waals surface area contributed by atoms with Crippen LogP contribution in [0.3, 0.4) is 0 Å². The number of nitrogen functional groups attached to an aromatic ring is 1. The Hall–Kier alpha value is -1.42. The second-order valence-corrected chi connectivity index (χ2v) is 5.91. The van der Waals surface area contributed by atoms with Crippen LogP contribution in [0, 0.1) is 0 Å². The number of hydrogen-bond donors (Lipinski definition) is 1. The Labute approximate surface area is 138 Å². The van der Waals surface area contributed by atoms with Crippen LogP contribution < -0.4 is 5.73 Å². The highest BCUT2D eigenvalue weighted by Crippen LogP contribution is 2.24. The van der Waals surface area contributed by atoms with Gasteiger partial charge in [0.15, 0.2) is 0 Å². The highest BCUT2D eigenvalue weighted by atomic mass is 35.5. The van der Waals surface area contributed by atoms with Gasteiger partial charge in [-0.25, -0.2) is 0 Å². The van der Waals surface area contributed by atoms with E-state index in [-0.39, 0.29) is 5.91 Å². The summed E-state index contributed by atoms with van der Waals surface area (Å²) < 4.78 is 0. The molecule has 0 spiro atoms. The maximum absolute atomic E-state index is 12.4. The van der Waals surface area contributed by atoms with Gasteiger partial charge < -0.3 is 10.6 Å². The average molecular weight is 344 g/mol. The van der Waals surface area contributed by atoms with Crippen LogP contribution in [0.25, 0.3) is 0 Å². The molecule has 0 aliphatic carbocycles. The van der Waals surface area contributed by atoms with Crippen molar-refractivity contribution in [2.45, 2.75) is 6.54 Å². The van der Waals surface area contributed by atoms with Gasteiger partial charge in [0.1, 0.15) is 0 Å². The van der Waals surface area contributed by atoms with Crippen LogP contribution in [0.4, 0.5) is 5.69 Å². The summed E-state index contributed by atoms with van der Waals surface area (Å²) in [6, 6.07) is 9.97. The molecule has 0 aromatic heterocycles. The van der Waals surface area contributed by atoms with Gasteiger partial charge in [0, 0.05) is 34.3 Å². The molecular weight excluding hydrogens is 331 g/mol. The van der Waals surface area contributed by atoms with Crippen LogP contribution in [-0.4, -0.2) is 17.9 Å². The van der Waals surface area contributed by atoms with Crippen molar-refractivity contribution in [3.8, 4) is 0 Å². The minimum atomic E-state index is -0.199. The third-order valence-electron chi connectivity index (χ3n) is 3.01. The van der Waals surface area contributed by atoms with Crippen LogP contribution in [0.5, 0.6) is 0 Å². The maximum atomic E-state index is 12.4. The molecule has 2 aromatic carbocycles. The molecule has 21 heavy (non-hydrogen) atoms. The number of nitrogens with zero attached hydrogens (tertiary/aromatic N) is 1. The predicted octanol–water partition coefficient (Wildman–Crippen LogP) is 4.50. The zero-order chi connectivity index (χ0) is 15.6. The van der Waals surface area contributed by atoms with E-state index in [4.69, 9.17) is 40.5 Å². The predicted molar refractivity (Wildman–Crippen MR) is 88.1 cm³/mol. The number of halogens is 3. The summed E-state index contributed by atoms with van der Waals surface area (Å²) in [6.07, 6.45) is 0. The average Bonchev–Trinajstić information content (AvgIpc) is 2.41. The van der Waals surface area contributed by atoms with Gasteiger partial charge in [0.05, 0.1) is 5.56 Å². The Morgan fingerprint density at radius 3 is 2.33 bits per heavy atom. The first-order valence-corrected chi connectivity index (χ1v) is 7.26. The normalized spacial score (nSPS) is 10.5. The molecule has 110 valence electrons. The molecule has 0 fully saturated rings. The first kappa shape index (κ1) is 16.0. The monoisotopic (exact) mass is 342 g/mol. The lowest BCUT2D eigenvalue weighted by Crippen LogP contribution is -2.27. The maximum Gasteiger partial charge on any atom is 0.255 e. The first-order valence-electron chi connectivity index (χ1n) is 6.13. The van der Waals surface area contributed by atoms with Crippen molar-refractivity contribution in [1.29, 1.82) is 0 Å². The molecule has 0 heterocycles. The molecule has 0 aliphatic rings. The van der Waals surface area contributed by atoms with Crippen molar-refractivity contribution in [1.82, 2.24) is 4.90 Å². The highest BCUT2D eigenvalue weighted by molar-refractivity contribution is 6.35. The summed E-state index contributed by atoms with van der Waals surface area (Å²) in [4.78, 5) is 13.9. The summed E-state index contributed by atoms with van der Waals surface area (Å²) in [5.41, 5.74) is 7.40. The summed E-state index contributed by atoms with van der Waals surface area (Å²) in [6.45, 7) is 0.358. The Morgan fingerprint density at radius 1 is 1.10 bits per heavy atom. The highest BCUT2D eigenvalue weighted by Gasteiger charge is 2.16. The molecule has 2 N–H and O–H groups in total. The molecular formula is C15H13Cl3N2O. The summed E-state index contributed by atoms with van der Waals surface area (Å²) in [5.74, 6) is -0.199.